The van der Waals surface area contributed by atoms with Crippen LogP contribution in [0.1, 0.15) is 5.56 Å². The van der Waals surface area contributed by atoms with Gasteiger partial charge in [-0.2, -0.15) is 0 Å². The summed E-state index contributed by atoms with van der Waals surface area (Å²) in [5, 5.41) is 0. The average molecular weight is 210 g/mol. The van der Waals surface area contributed by atoms with E-state index in [1.165, 1.54) is 14.2 Å². The van der Waals surface area contributed by atoms with Gasteiger partial charge in [0.05, 0.1) is 14.2 Å². The zero-order valence-corrected chi connectivity index (χ0v) is 8.57. The summed E-state index contributed by atoms with van der Waals surface area (Å²) in [5.74, 6) is 1.23. The predicted molar refractivity (Wildman–Crippen MR) is 52.8 cm³/mol. The lowest BCUT2D eigenvalue weighted by atomic mass is 10.2. The van der Waals surface area contributed by atoms with Crippen molar-refractivity contribution < 1.29 is 19.0 Å². The van der Waals surface area contributed by atoms with Gasteiger partial charge in [-0.1, -0.05) is 0 Å². The van der Waals surface area contributed by atoms with Crippen LogP contribution in [0.5, 0.6) is 11.5 Å². The van der Waals surface area contributed by atoms with Gasteiger partial charge in [-0.25, -0.2) is 10.5 Å². The van der Waals surface area contributed by atoms with Crippen molar-refractivity contribution in [3.05, 3.63) is 23.8 Å². The topological polar surface area (TPSA) is 68.6 Å². The van der Waals surface area contributed by atoms with Crippen LogP contribution in [-0.4, -0.2) is 20.3 Å². The molecule has 0 bridgehead atoms. The molecule has 0 aliphatic carbocycles. The molecule has 0 aliphatic rings. The zero-order valence-electron chi connectivity index (χ0n) is 8.57. The Labute approximate surface area is 87.7 Å². The van der Waals surface area contributed by atoms with Crippen molar-refractivity contribution in [2.24, 2.45) is 0 Å². The lowest BCUT2D eigenvalue weighted by molar-refractivity contribution is 0.148. The van der Waals surface area contributed by atoms with Crippen LogP contribution < -0.4 is 15.2 Å². The summed E-state index contributed by atoms with van der Waals surface area (Å²) in [6.07, 6.45) is -1.06. The van der Waals surface area contributed by atoms with E-state index >= 15 is 0 Å². The van der Waals surface area contributed by atoms with Crippen LogP contribution in [0.3, 0.4) is 0 Å². The van der Waals surface area contributed by atoms with E-state index in [2.05, 4.69) is 4.74 Å². The normalized spacial score (nSPS) is 9.47. The molecule has 5 nitrogen and oxygen atoms in total. The third-order valence-corrected chi connectivity index (χ3v) is 1.78. The first-order valence-electron chi connectivity index (χ1n) is 4.26. The van der Waals surface area contributed by atoms with Crippen molar-refractivity contribution in [2.45, 2.75) is 6.61 Å². The van der Waals surface area contributed by atoms with E-state index in [9.17, 15) is 4.79 Å². The Bertz CT molecular complexity index is 329. The molecule has 0 saturated heterocycles. The van der Waals surface area contributed by atoms with Crippen LogP contribution >= 0.6 is 0 Å². The van der Waals surface area contributed by atoms with Gasteiger partial charge in [0.15, 0.2) is 0 Å². The van der Waals surface area contributed by atoms with Gasteiger partial charge in [-0.3, -0.25) is 0 Å². The molecule has 81 valence electrons. The van der Waals surface area contributed by atoms with Crippen molar-refractivity contribution in [1.29, 1.82) is 0 Å². The molecule has 0 atom stereocenters. The second-order valence-electron chi connectivity index (χ2n) is 2.80. The molecule has 1 rings (SSSR count). The standard InChI is InChI=1S/C10H12NO4/c1-13-8-3-7(6-15-10(11)12)4-9(5-8)14-2/h3-5,11H,6H2,1-2H3. The molecule has 0 aromatic heterocycles. The monoisotopic (exact) mass is 210 g/mol. The Kier molecular flexibility index (Phi) is 3.79. The lowest BCUT2D eigenvalue weighted by Gasteiger charge is -2.07. The van der Waals surface area contributed by atoms with Crippen LogP contribution in [0, 0.1) is 0 Å². The summed E-state index contributed by atoms with van der Waals surface area (Å²) >= 11 is 0. The number of hydrogen-bond acceptors (Lipinski definition) is 4. The highest BCUT2D eigenvalue weighted by atomic mass is 16.5. The summed E-state index contributed by atoms with van der Waals surface area (Å²) < 4.78 is 14.6. The second-order valence-corrected chi connectivity index (χ2v) is 2.80. The lowest BCUT2D eigenvalue weighted by Crippen LogP contribution is -2.02. The van der Waals surface area contributed by atoms with Crippen LogP contribution in [-0.2, 0) is 11.3 Å². The Morgan fingerprint density at radius 2 is 1.73 bits per heavy atom. The fourth-order valence-electron chi connectivity index (χ4n) is 1.10. The van der Waals surface area contributed by atoms with Crippen molar-refractivity contribution in [3.8, 4) is 11.5 Å². The van der Waals surface area contributed by atoms with E-state index in [1.807, 2.05) is 0 Å². The Morgan fingerprint density at radius 1 is 1.20 bits per heavy atom. The molecule has 15 heavy (non-hydrogen) atoms. The largest absolute Gasteiger partial charge is 0.497 e. The highest BCUT2D eigenvalue weighted by molar-refractivity contribution is 5.63. The smallest absolute Gasteiger partial charge is 0.426 e. The number of carbonyl (C=O) groups is 1. The first-order chi connectivity index (χ1) is 7.15. The molecule has 0 spiro atoms. The van der Waals surface area contributed by atoms with Crippen molar-refractivity contribution in [1.82, 2.24) is 5.73 Å². The molecular weight excluding hydrogens is 198 g/mol. The Morgan fingerprint density at radius 3 is 2.13 bits per heavy atom. The third-order valence-electron chi connectivity index (χ3n) is 1.78. The van der Waals surface area contributed by atoms with Gasteiger partial charge in [0.1, 0.15) is 18.1 Å². The molecule has 1 aromatic carbocycles. The molecule has 0 aliphatic heterocycles. The molecule has 1 N–H and O–H groups in total. The van der Waals surface area contributed by atoms with E-state index in [0.717, 1.165) is 0 Å². The van der Waals surface area contributed by atoms with E-state index < -0.39 is 6.09 Å². The maximum absolute atomic E-state index is 10.3. The quantitative estimate of drug-likeness (QED) is 0.757. The molecule has 5 heteroatoms. The SMILES string of the molecule is COc1cc(COC([NH])=O)cc(OC)c1. The molecular formula is C10H12NO4. The highest BCUT2D eigenvalue weighted by Crippen LogP contribution is 2.22. The fraction of sp³-hybridized carbons (Fsp3) is 0.300. The van der Waals surface area contributed by atoms with Crippen molar-refractivity contribution >= 4 is 6.09 Å². The average Bonchev–Trinajstić information content (AvgIpc) is 2.25. The van der Waals surface area contributed by atoms with Crippen molar-refractivity contribution in [3.63, 3.8) is 0 Å². The maximum Gasteiger partial charge on any atom is 0.426 e. The van der Waals surface area contributed by atoms with Gasteiger partial charge in [0, 0.05) is 6.07 Å². The number of methoxy groups -OCH3 is 2. The third kappa shape index (κ3) is 3.38. The number of nitrogens with one attached hydrogen (secondary N) is 1. The summed E-state index contributed by atoms with van der Waals surface area (Å²) in [6.45, 7) is 0.0376. The number of hydrogen-bond donors (Lipinski definition) is 0. The second kappa shape index (κ2) is 5.09. The minimum absolute atomic E-state index is 0.0376. The predicted octanol–water partition coefficient (Wildman–Crippen LogP) is 1.62. The number of benzene rings is 1. The van der Waals surface area contributed by atoms with Crippen LogP contribution in [0.15, 0.2) is 18.2 Å². The number of carbonyl (C=O) groups excluding carboxylic acids is 1. The Balaban J connectivity index is 2.81. The van der Waals surface area contributed by atoms with Crippen molar-refractivity contribution in [2.75, 3.05) is 14.2 Å². The highest BCUT2D eigenvalue weighted by Gasteiger charge is 2.03. The van der Waals surface area contributed by atoms with Gasteiger partial charge in [0.2, 0.25) is 0 Å². The fourth-order valence-corrected chi connectivity index (χ4v) is 1.10. The van der Waals surface area contributed by atoms with Gasteiger partial charge in [-0.05, 0) is 17.7 Å². The number of ether oxygens (including phenoxy) is 3. The van der Waals surface area contributed by atoms with Gasteiger partial charge >= 0.3 is 6.09 Å². The Hall–Kier alpha value is -1.91. The number of rotatable bonds is 4. The molecule has 0 saturated carbocycles. The molecule has 0 unspecified atom stereocenters. The summed E-state index contributed by atoms with van der Waals surface area (Å²) in [7, 11) is 3.07. The number of amides is 1. The molecule has 0 fully saturated rings. The van der Waals surface area contributed by atoms with Gasteiger partial charge in [-0.15, -0.1) is 0 Å². The van der Waals surface area contributed by atoms with E-state index in [-0.39, 0.29) is 6.61 Å². The minimum Gasteiger partial charge on any atom is -0.497 e. The minimum atomic E-state index is -1.06. The summed E-state index contributed by atoms with van der Waals surface area (Å²) in [5.41, 5.74) is 7.32. The van der Waals surface area contributed by atoms with E-state index in [1.54, 1.807) is 18.2 Å². The van der Waals surface area contributed by atoms with Crippen LogP contribution in [0.25, 0.3) is 0 Å². The van der Waals surface area contributed by atoms with E-state index in [4.69, 9.17) is 15.2 Å². The summed E-state index contributed by atoms with van der Waals surface area (Å²) in [6, 6.07) is 5.14. The molecule has 0 heterocycles. The van der Waals surface area contributed by atoms with Crippen LogP contribution in [0.4, 0.5) is 4.79 Å². The molecule has 1 amide bonds. The first-order valence-corrected chi connectivity index (χ1v) is 4.26. The summed E-state index contributed by atoms with van der Waals surface area (Å²) in [4.78, 5) is 10.3. The molecule has 1 aromatic rings. The molecule has 1 radical (unpaired) electrons. The van der Waals surface area contributed by atoms with E-state index in [0.29, 0.717) is 17.1 Å². The van der Waals surface area contributed by atoms with Gasteiger partial charge < -0.3 is 14.2 Å². The maximum atomic E-state index is 10.3. The van der Waals surface area contributed by atoms with Crippen LogP contribution in [0.2, 0.25) is 0 Å². The van der Waals surface area contributed by atoms with Gasteiger partial charge in [0.25, 0.3) is 0 Å². The zero-order chi connectivity index (χ0) is 11.3. The first kappa shape index (κ1) is 11.2.